The molecule has 25 heavy (non-hydrogen) atoms. The van der Waals surface area contributed by atoms with Gasteiger partial charge in [0.1, 0.15) is 10.8 Å². The summed E-state index contributed by atoms with van der Waals surface area (Å²) >= 11 is 1.71. The molecule has 1 aromatic heterocycles. The standard InChI is InChI=1S/C18H26N4OS.HI/c1-6-19-18(20-11-17-21-13(2)14(3)24-17)22(4)12-15-9-7-8-10-16(15)23-5;/h7-10H,6,11-12H2,1-5H3,(H,19,20);1H. The molecule has 0 saturated carbocycles. The smallest absolute Gasteiger partial charge is 0.194 e. The van der Waals surface area contributed by atoms with E-state index in [-0.39, 0.29) is 24.0 Å². The van der Waals surface area contributed by atoms with Crippen LogP contribution in [0.3, 0.4) is 0 Å². The fraction of sp³-hybridized carbons (Fsp3) is 0.444. The molecule has 0 atom stereocenters. The number of halogens is 1. The summed E-state index contributed by atoms with van der Waals surface area (Å²) in [7, 11) is 3.73. The summed E-state index contributed by atoms with van der Waals surface area (Å²) < 4.78 is 5.44. The number of aryl methyl sites for hydroxylation is 2. The average Bonchev–Trinajstić information content (AvgIpc) is 2.90. The SMILES string of the molecule is CCNC(=NCc1nc(C)c(C)s1)N(C)Cc1ccccc1OC.I. The van der Waals surface area contributed by atoms with Crippen molar-refractivity contribution in [2.45, 2.75) is 33.9 Å². The maximum atomic E-state index is 5.44. The highest BCUT2D eigenvalue weighted by molar-refractivity contribution is 14.0. The Morgan fingerprint density at radius 1 is 1.32 bits per heavy atom. The van der Waals surface area contributed by atoms with Gasteiger partial charge in [0.15, 0.2) is 5.96 Å². The number of nitrogens with one attached hydrogen (secondary N) is 1. The molecule has 0 aliphatic heterocycles. The number of guanidine groups is 1. The molecule has 0 unspecified atom stereocenters. The Kier molecular flexibility index (Phi) is 9.20. The number of aliphatic imine (C=N–C) groups is 1. The van der Waals surface area contributed by atoms with E-state index < -0.39 is 0 Å². The molecule has 138 valence electrons. The van der Waals surface area contributed by atoms with E-state index in [0.29, 0.717) is 6.54 Å². The fourth-order valence-electron chi connectivity index (χ4n) is 2.38. The molecule has 2 rings (SSSR count). The van der Waals surface area contributed by atoms with Crippen LogP contribution in [0.4, 0.5) is 0 Å². The van der Waals surface area contributed by atoms with Gasteiger partial charge < -0.3 is 15.0 Å². The van der Waals surface area contributed by atoms with E-state index in [0.717, 1.165) is 41.1 Å². The van der Waals surface area contributed by atoms with E-state index in [1.165, 1.54) is 4.88 Å². The second kappa shape index (κ2) is 10.6. The first kappa shape index (κ1) is 21.7. The molecule has 1 heterocycles. The van der Waals surface area contributed by atoms with Crippen molar-refractivity contribution in [3.05, 3.63) is 45.4 Å². The Hall–Kier alpha value is -1.35. The first-order valence-electron chi connectivity index (χ1n) is 8.09. The van der Waals surface area contributed by atoms with Gasteiger partial charge in [-0.15, -0.1) is 35.3 Å². The molecule has 0 bridgehead atoms. The first-order valence-corrected chi connectivity index (χ1v) is 8.91. The van der Waals surface area contributed by atoms with E-state index in [2.05, 4.69) is 35.1 Å². The van der Waals surface area contributed by atoms with Gasteiger partial charge in [0, 0.05) is 30.6 Å². The predicted octanol–water partition coefficient (Wildman–Crippen LogP) is 3.98. The van der Waals surface area contributed by atoms with E-state index in [1.54, 1.807) is 18.4 Å². The number of ether oxygens (including phenoxy) is 1. The van der Waals surface area contributed by atoms with Gasteiger partial charge in [0.2, 0.25) is 0 Å². The molecule has 0 aliphatic rings. The highest BCUT2D eigenvalue weighted by Crippen LogP contribution is 2.19. The third-order valence-electron chi connectivity index (χ3n) is 3.73. The lowest BCUT2D eigenvalue weighted by Crippen LogP contribution is -2.38. The molecule has 0 amide bonds. The number of nitrogens with zero attached hydrogens (tertiary/aromatic N) is 3. The minimum absolute atomic E-state index is 0. The number of thiazole rings is 1. The minimum atomic E-state index is 0. The Balaban J connectivity index is 0.00000312. The lowest BCUT2D eigenvalue weighted by molar-refractivity contribution is 0.396. The van der Waals surface area contributed by atoms with Crippen LogP contribution in [0, 0.1) is 13.8 Å². The Morgan fingerprint density at radius 3 is 2.64 bits per heavy atom. The van der Waals surface area contributed by atoms with Crippen LogP contribution in [0.15, 0.2) is 29.3 Å². The van der Waals surface area contributed by atoms with Crippen molar-refractivity contribution in [2.24, 2.45) is 4.99 Å². The molecule has 0 radical (unpaired) electrons. The molecule has 1 aromatic carbocycles. The number of hydrogen-bond donors (Lipinski definition) is 1. The zero-order valence-corrected chi connectivity index (χ0v) is 18.6. The minimum Gasteiger partial charge on any atom is -0.496 e. The number of para-hydroxylation sites is 1. The van der Waals surface area contributed by atoms with Crippen LogP contribution in [-0.4, -0.2) is 36.5 Å². The van der Waals surface area contributed by atoms with Gasteiger partial charge in [-0.05, 0) is 26.8 Å². The first-order chi connectivity index (χ1) is 11.5. The number of aromatic nitrogens is 1. The van der Waals surface area contributed by atoms with Gasteiger partial charge in [-0.3, -0.25) is 0 Å². The van der Waals surface area contributed by atoms with Gasteiger partial charge >= 0.3 is 0 Å². The summed E-state index contributed by atoms with van der Waals surface area (Å²) in [4.78, 5) is 12.6. The Morgan fingerprint density at radius 2 is 2.04 bits per heavy atom. The van der Waals surface area contributed by atoms with E-state index in [1.807, 2.05) is 32.2 Å². The van der Waals surface area contributed by atoms with Gasteiger partial charge in [-0.25, -0.2) is 9.98 Å². The van der Waals surface area contributed by atoms with Crippen LogP contribution in [0.25, 0.3) is 0 Å². The Labute approximate surface area is 171 Å². The van der Waals surface area contributed by atoms with Crippen molar-refractivity contribution >= 4 is 41.3 Å². The van der Waals surface area contributed by atoms with Crippen molar-refractivity contribution in [3.8, 4) is 5.75 Å². The zero-order chi connectivity index (χ0) is 17.5. The fourth-order valence-corrected chi connectivity index (χ4v) is 3.24. The van der Waals surface area contributed by atoms with Crippen LogP contribution in [0.1, 0.15) is 28.1 Å². The van der Waals surface area contributed by atoms with Crippen LogP contribution < -0.4 is 10.1 Å². The van der Waals surface area contributed by atoms with Gasteiger partial charge in [-0.1, -0.05) is 18.2 Å². The second-order valence-corrected chi connectivity index (χ2v) is 6.88. The van der Waals surface area contributed by atoms with Crippen molar-refractivity contribution in [3.63, 3.8) is 0 Å². The van der Waals surface area contributed by atoms with Crippen LogP contribution in [-0.2, 0) is 13.1 Å². The highest BCUT2D eigenvalue weighted by atomic mass is 127. The lowest BCUT2D eigenvalue weighted by Gasteiger charge is -2.23. The van der Waals surface area contributed by atoms with Crippen molar-refractivity contribution < 1.29 is 4.74 Å². The largest absolute Gasteiger partial charge is 0.496 e. The monoisotopic (exact) mass is 474 g/mol. The van der Waals surface area contributed by atoms with Crippen LogP contribution in [0.5, 0.6) is 5.75 Å². The molecular weight excluding hydrogens is 447 g/mol. The summed E-state index contributed by atoms with van der Waals surface area (Å²) in [5, 5.41) is 4.39. The molecule has 5 nitrogen and oxygen atoms in total. The number of methoxy groups -OCH3 is 1. The van der Waals surface area contributed by atoms with Crippen molar-refractivity contribution in [2.75, 3.05) is 20.7 Å². The van der Waals surface area contributed by atoms with Crippen molar-refractivity contribution in [1.82, 2.24) is 15.2 Å². The molecule has 7 heteroatoms. The third-order valence-corrected chi connectivity index (χ3v) is 4.79. The number of rotatable bonds is 6. The average molecular weight is 474 g/mol. The predicted molar refractivity (Wildman–Crippen MR) is 116 cm³/mol. The van der Waals surface area contributed by atoms with Gasteiger partial charge in [-0.2, -0.15) is 0 Å². The van der Waals surface area contributed by atoms with Gasteiger partial charge in [0.25, 0.3) is 0 Å². The Bertz CT molecular complexity index is 683. The molecule has 0 aliphatic carbocycles. The summed E-state index contributed by atoms with van der Waals surface area (Å²) in [6.45, 7) is 8.36. The maximum Gasteiger partial charge on any atom is 0.194 e. The van der Waals surface area contributed by atoms with E-state index in [9.17, 15) is 0 Å². The highest BCUT2D eigenvalue weighted by Gasteiger charge is 2.10. The zero-order valence-electron chi connectivity index (χ0n) is 15.5. The summed E-state index contributed by atoms with van der Waals surface area (Å²) in [5.74, 6) is 1.76. The van der Waals surface area contributed by atoms with Crippen LogP contribution >= 0.6 is 35.3 Å². The summed E-state index contributed by atoms with van der Waals surface area (Å²) in [6, 6.07) is 8.06. The molecule has 1 N–H and O–H groups in total. The van der Waals surface area contributed by atoms with E-state index >= 15 is 0 Å². The summed E-state index contributed by atoms with van der Waals surface area (Å²) in [5.41, 5.74) is 2.23. The number of benzene rings is 1. The number of hydrogen-bond acceptors (Lipinski definition) is 4. The molecule has 0 spiro atoms. The van der Waals surface area contributed by atoms with Crippen LogP contribution in [0.2, 0.25) is 0 Å². The molecular formula is C18H27IN4OS. The topological polar surface area (TPSA) is 49.8 Å². The second-order valence-electron chi connectivity index (χ2n) is 5.59. The third kappa shape index (κ3) is 6.14. The summed E-state index contributed by atoms with van der Waals surface area (Å²) in [6.07, 6.45) is 0. The molecule has 0 saturated heterocycles. The molecule has 2 aromatic rings. The maximum absolute atomic E-state index is 5.44. The van der Waals surface area contributed by atoms with Crippen molar-refractivity contribution in [1.29, 1.82) is 0 Å². The quantitative estimate of drug-likeness (QED) is 0.391. The van der Waals surface area contributed by atoms with E-state index in [4.69, 9.17) is 9.73 Å². The normalized spacial score (nSPS) is 11.0. The van der Waals surface area contributed by atoms with Gasteiger partial charge in [0.05, 0.1) is 19.3 Å². The lowest BCUT2D eigenvalue weighted by atomic mass is 10.2. The molecule has 0 fully saturated rings.